The summed E-state index contributed by atoms with van der Waals surface area (Å²) in [6.07, 6.45) is 0. The Labute approximate surface area is 130 Å². The lowest BCUT2D eigenvalue weighted by Gasteiger charge is -2.23. The molecule has 21 heavy (non-hydrogen) atoms. The zero-order valence-corrected chi connectivity index (χ0v) is 13.4. The number of likely N-dealkylation sites (N-methyl/N-ethyl adjacent to an activating group) is 2. The van der Waals surface area contributed by atoms with Crippen LogP contribution in [0.2, 0.25) is 5.02 Å². The molecular weight excluding hydrogens is 292 g/mol. The SMILES string of the molecule is CCN(CC)C(=O)CN(C)C(=O)COc1ccc(Cl)cc1. The van der Waals surface area contributed by atoms with Crippen molar-refractivity contribution in [1.29, 1.82) is 0 Å². The first kappa shape index (κ1) is 17.3. The van der Waals surface area contributed by atoms with Gasteiger partial charge in [-0.2, -0.15) is 0 Å². The van der Waals surface area contributed by atoms with E-state index in [2.05, 4.69) is 0 Å². The molecule has 5 nitrogen and oxygen atoms in total. The second kappa shape index (κ2) is 8.52. The molecular formula is C15H21ClN2O3. The van der Waals surface area contributed by atoms with Crippen molar-refractivity contribution in [3.63, 3.8) is 0 Å². The number of hydrogen-bond donors (Lipinski definition) is 0. The molecule has 116 valence electrons. The molecule has 0 aliphatic carbocycles. The zero-order chi connectivity index (χ0) is 15.8. The van der Waals surface area contributed by atoms with Gasteiger partial charge in [0.2, 0.25) is 5.91 Å². The molecule has 0 fully saturated rings. The van der Waals surface area contributed by atoms with E-state index < -0.39 is 0 Å². The fourth-order valence-electron chi connectivity index (χ4n) is 1.75. The molecule has 0 unspecified atom stereocenters. The summed E-state index contributed by atoms with van der Waals surface area (Å²) < 4.78 is 5.36. The fourth-order valence-corrected chi connectivity index (χ4v) is 1.88. The predicted molar refractivity (Wildman–Crippen MR) is 82.5 cm³/mol. The summed E-state index contributed by atoms with van der Waals surface area (Å²) in [5.74, 6) is 0.254. The van der Waals surface area contributed by atoms with E-state index in [0.717, 1.165) is 0 Å². The van der Waals surface area contributed by atoms with Crippen LogP contribution in [0.15, 0.2) is 24.3 Å². The van der Waals surface area contributed by atoms with E-state index in [1.54, 1.807) is 36.2 Å². The van der Waals surface area contributed by atoms with Crippen LogP contribution in [-0.2, 0) is 9.59 Å². The van der Waals surface area contributed by atoms with Crippen LogP contribution >= 0.6 is 11.6 Å². The van der Waals surface area contributed by atoms with Crippen molar-refractivity contribution in [2.45, 2.75) is 13.8 Å². The van der Waals surface area contributed by atoms with Gasteiger partial charge >= 0.3 is 0 Å². The summed E-state index contributed by atoms with van der Waals surface area (Å²) in [4.78, 5) is 26.9. The quantitative estimate of drug-likeness (QED) is 0.774. The second-order valence-electron chi connectivity index (χ2n) is 4.56. The van der Waals surface area contributed by atoms with Gasteiger partial charge in [0.05, 0.1) is 6.54 Å². The van der Waals surface area contributed by atoms with Gasteiger partial charge in [0.15, 0.2) is 6.61 Å². The monoisotopic (exact) mass is 312 g/mol. The minimum atomic E-state index is -0.245. The summed E-state index contributed by atoms with van der Waals surface area (Å²) in [5.41, 5.74) is 0. The van der Waals surface area contributed by atoms with Crippen LogP contribution in [0.4, 0.5) is 0 Å². The Hall–Kier alpha value is -1.75. The third-order valence-corrected chi connectivity index (χ3v) is 3.34. The second-order valence-corrected chi connectivity index (χ2v) is 4.99. The standard InChI is InChI=1S/C15H21ClN2O3/c1-4-18(5-2)14(19)10-17(3)15(20)11-21-13-8-6-12(16)7-9-13/h6-9H,4-5,10-11H2,1-3H3. The minimum Gasteiger partial charge on any atom is -0.484 e. The third-order valence-electron chi connectivity index (χ3n) is 3.09. The normalized spacial score (nSPS) is 10.1. The van der Waals surface area contributed by atoms with Crippen molar-refractivity contribution in [3.8, 4) is 5.75 Å². The van der Waals surface area contributed by atoms with Gasteiger partial charge in [0, 0.05) is 25.2 Å². The Bertz CT molecular complexity index is 472. The Morgan fingerprint density at radius 1 is 1.10 bits per heavy atom. The maximum absolute atomic E-state index is 11.9. The van der Waals surface area contributed by atoms with E-state index in [4.69, 9.17) is 16.3 Å². The molecule has 6 heteroatoms. The summed E-state index contributed by atoms with van der Waals surface area (Å²) >= 11 is 5.77. The molecule has 0 saturated carbocycles. The highest BCUT2D eigenvalue weighted by molar-refractivity contribution is 6.30. The van der Waals surface area contributed by atoms with Crippen molar-refractivity contribution >= 4 is 23.4 Å². The van der Waals surface area contributed by atoms with Crippen molar-refractivity contribution < 1.29 is 14.3 Å². The summed E-state index contributed by atoms with van der Waals surface area (Å²) in [6.45, 7) is 5.05. The number of hydrogen-bond acceptors (Lipinski definition) is 3. The van der Waals surface area contributed by atoms with Gasteiger partial charge in [-0.1, -0.05) is 11.6 Å². The Kier molecular flexibility index (Phi) is 7.02. The van der Waals surface area contributed by atoms with E-state index in [-0.39, 0.29) is 25.0 Å². The lowest BCUT2D eigenvalue weighted by Crippen LogP contribution is -2.42. The smallest absolute Gasteiger partial charge is 0.260 e. The number of benzene rings is 1. The number of halogens is 1. The molecule has 0 radical (unpaired) electrons. The molecule has 1 aromatic rings. The number of carbonyl (C=O) groups excluding carboxylic acids is 2. The van der Waals surface area contributed by atoms with Crippen molar-refractivity contribution in [2.75, 3.05) is 33.3 Å². The molecule has 0 aliphatic heterocycles. The van der Waals surface area contributed by atoms with Crippen molar-refractivity contribution in [3.05, 3.63) is 29.3 Å². The zero-order valence-electron chi connectivity index (χ0n) is 12.6. The Morgan fingerprint density at radius 2 is 1.67 bits per heavy atom. The Balaban J connectivity index is 2.44. The number of nitrogens with zero attached hydrogens (tertiary/aromatic N) is 2. The van der Waals surface area contributed by atoms with Gasteiger partial charge in [-0.15, -0.1) is 0 Å². The average molecular weight is 313 g/mol. The topological polar surface area (TPSA) is 49.9 Å². The fraction of sp³-hybridized carbons (Fsp3) is 0.467. The van der Waals surface area contributed by atoms with Gasteiger partial charge in [-0.05, 0) is 38.1 Å². The molecule has 1 rings (SSSR count). The van der Waals surface area contributed by atoms with Gasteiger partial charge in [0.25, 0.3) is 5.91 Å². The summed E-state index contributed by atoms with van der Waals surface area (Å²) in [7, 11) is 1.59. The van der Waals surface area contributed by atoms with Crippen LogP contribution < -0.4 is 4.74 Å². The molecule has 0 N–H and O–H groups in total. The minimum absolute atomic E-state index is 0.0600. The molecule has 0 saturated heterocycles. The van der Waals surface area contributed by atoms with E-state index in [1.807, 2.05) is 13.8 Å². The molecule has 0 heterocycles. The first-order valence-electron chi connectivity index (χ1n) is 6.88. The van der Waals surface area contributed by atoms with Gasteiger partial charge < -0.3 is 14.5 Å². The van der Waals surface area contributed by atoms with Crippen LogP contribution in [0.5, 0.6) is 5.75 Å². The Morgan fingerprint density at radius 3 is 2.19 bits per heavy atom. The van der Waals surface area contributed by atoms with Crippen LogP contribution in [0.1, 0.15) is 13.8 Å². The summed E-state index contributed by atoms with van der Waals surface area (Å²) in [6, 6.07) is 6.76. The predicted octanol–water partition coefficient (Wildman–Crippen LogP) is 2.05. The maximum Gasteiger partial charge on any atom is 0.260 e. The van der Waals surface area contributed by atoms with E-state index in [1.165, 1.54) is 4.90 Å². The van der Waals surface area contributed by atoms with Crippen LogP contribution in [0, 0.1) is 0 Å². The average Bonchev–Trinajstić information content (AvgIpc) is 2.47. The molecule has 2 amide bonds. The highest BCUT2D eigenvalue weighted by Gasteiger charge is 2.16. The van der Waals surface area contributed by atoms with Gasteiger partial charge in [-0.3, -0.25) is 9.59 Å². The van der Waals surface area contributed by atoms with E-state index in [0.29, 0.717) is 23.9 Å². The number of rotatable bonds is 7. The van der Waals surface area contributed by atoms with Gasteiger partial charge in [-0.25, -0.2) is 0 Å². The lowest BCUT2D eigenvalue weighted by molar-refractivity contribution is -0.140. The first-order valence-corrected chi connectivity index (χ1v) is 7.25. The lowest BCUT2D eigenvalue weighted by atomic mass is 10.3. The number of carbonyl (C=O) groups is 2. The number of amides is 2. The molecule has 0 atom stereocenters. The highest BCUT2D eigenvalue weighted by atomic mass is 35.5. The van der Waals surface area contributed by atoms with Crippen molar-refractivity contribution in [1.82, 2.24) is 9.80 Å². The largest absolute Gasteiger partial charge is 0.484 e. The maximum atomic E-state index is 11.9. The van der Waals surface area contributed by atoms with Crippen LogP contribution in [-0.4, -0.2) is 54.9 Å². The highest BCUT2D eigenvalue weighted by Crippen LogP contribution is 2.15. The molecule has 0 bridgehead atoms. The molecule has 1 aromatic carbocycles. The van der Waals surface area contributed by atoms with Crippen molar-refractivity contribution in [2.24, 2.45) is 0 Å². The first-order chi connectivity index (χ1) is 9.97. The van der Waals surface area contributed by atoms with E-state index in [9.17, 15) is 9.59 Å². The van der Waals surface area contributed by atoms with Crippen LogP contribution in [0.3, 0.4) is 0 Å². The van der Waals surface area contributed by atoms with Gasteiger partial charge in [0.1, 0.15) is 5.75 Å². The molecule has 0 aliphatic rings. The molecule has 0 spiro atoms. The number of ether oxygens (including phenoxy) is 1. The third kappa shape index (κ3) is 5.63. The van der Waals surface area contributed by atoms with Crippen LogP contribution in [0.25, 0.3) is 0 Å². The molecule has 0 aromatic heterocycles. The van der Waals surface area contributed by atoms with E-state index >= 15 is 0 Å². The summed E-state index contributed by atoms with van der Waals surface area (Å²) in [5, 5.41) is 0.607.